The normalized spacial score (nSPS) is 13.5. The van der Waals surface area contributed by atoms with Crippen LogP contribution in [0.25, 0.3) is 0 Å². The molecule has 0 unspecified atom stereocenters. The van der Waals surface area contributed by atoms with Gasteiger partial charge in [0.2, 0.25) is 0 Å². The molecule has 0 bridgehead atoms. The van der Waals surface area contributed by atoms with E-state index in [0.717, 1.165) is 5.56 Å². The lowest BCUT2D eigenvalue weighted by Crippen LogP contribution is -1.95. The highest BCUT2D eigenvalue weighted by atomic mass is 16.1. The van der Waals surface area contributed by atoms with Gasteiger partial charge in [-0.05, 0) is 6.07 Å². The maximum atomic E-state index is 11.3. The number of fused-ring (bicyclic) bond motifs is 1. The molecule has 0 spiro atoms. The molecule has 0 aromatic heterocycles. The summed E-state index contributed by atoms with van der Waals surface area (Å²) < 4.78 is 0. The highest BCUT2D eigenvalue weighted by molar-refractivity contribution is 6.21. The van der Waals surface area contributed by atoms with Crippen molar-refractivity contribution in [2.45, 2.75) is 6.42 Å². The van der Waals surface area contributed by atoms with E-state index in [4.69, 9.17) is 6.42 Å². The molecule has 1 aromatic carbocycles. The van der Waals surface area contributed by atoms with Gasteiger partial charge < -0.3 is 0 Å². The number of carbonyl (C=O) groups excluding carboxylic acids is 1. The van der Waals surface area contributed by atoms with Crippen molar-refractivity contribution in [2.75, 3.05) is 0 Å². The SMILES string of the molecule is C#CCC1=NC(=O)c2ccccc21. The number of aliphatic imine (C=N–C) groups is 1. The van der Waals surface area contributed by atoms with Gasteiger partial charge in [0.05, 0.1) is 17.7 Å². The second-order valence-corrected chi connectivity index (χ2v) is 2.79. The van der Waals surface area contributed by atoms with E-state index in [9.17, 15) is 4.79 Å². The Labute approximate surface area is 76.3 Å². The van der Waals surface area contributed by atoms with Gasteiger partial charge >= 0.3 is 0 Å². The third kappa shape index (κ3) is 1.15. The number of amides is 1. The number of benzene rings is 1. The Morgan fingerprint density at radius 2 is 2.00 bits per heavy atom. The maximum absolute atomic E-state index is 11.3. The van der Waals surface area contributed by atoms with Gasteiger partial charge in [0, 0.05) is 5.56 Å². The van der Waals surface area contributed by atoms with Crippen LogP contribution in [-0.4, -0.2) is 11.6 Å². The number of nitrogens with zero attached hydrogens (tertiary/aromatic N) is 1. The minimum atomic E-state index is -0.180. The van der Waals surface area contributed by atoms with Gasteiger partial charge in [0.25, 0.3) is 5.91 Å². The van der Waals surface area contributed by atoms with E-state index in [2.05, 4.69) is 10.9 Å². The Hall–Kier alpha value is -1.88. The van der Waals surface area contributed by atoms with Gasteiger partial charge in [-0.15, -0.1) is 12.3 Å². The lowest BCUT2D eigenvalue weighted by Gasteiger charge is -1.96. The van der Waals surface area contributed by atoms with Crippen LogP contribution in [0.5, 0.6) is 0 Å². The third-order valence-electron chi connectivity index (χ3n) is 1.97. The molecule has 2 heteroatoms. The zero-order valence-electron chi connectivity index (χ0n) is 6.95. The van der Waals surface area contributed by atoms with Crippen LogP contribution < -0.4 is 0 Å². The number of rotatable bonds is 1. The third-order valence-corrected chi connectivity index (χ3v) is 1.97. The van der Waals surface area contributed by atoms with Crippen LogP contribution in [0.3, 0.4) is 0 Å². The highest BCUT2D eigenvalue weighted by Crippen LogP contribution is 2.19. The molecule has 1 amide bonds. The summed E-state index contributed by atoms with van der Waals surface area (Å²) >= 11 is 0. The predicted molar refractivity (Wildman–Crippen MR) is 50.8 cm³/mol. The second kappa shape index (κ2) is 2.87. The molecule has 2 rings (SSSR count). The summed E-state index contributed by atoms with van der Waals surface area (Å²) in [4.78, 5) is 15.2. The first kappa shape index (κ1) is 7.75. The van der Waals surface area contributed by atoms with Crippen LogP contribution in [0.2, 0.25) is 0 Å². The first-order valence-corrected chi connectivity index (χ1v) is 3.97. The summed E-state index contributed by atoms with van der Waals surface area (Å²) in [5, 5.41) is 0. The molecule has 1 heterocycles. The standard InChI is InChI=1S/C11H7NO/c1-2-5-10-8-6-3-4-7-9(8)11(13)12-10/h1,3-4,6-7H,5H2. The Morgan fingerprint density at radius 1 is 1.31 bits per heavy atom. The summed E-state index contributed by atoms with van der Waals surface area (Å²) in [5.41, 5.74) is 2.25. The van der Waals surface area contributed by atoms with Crippen LogP contribution >= 0.6 is 0 Å². The summed E-state index contributed by atoms with van der Waals surface area (Å²) in [7, 11) is 0. The predicted octanol–water partition coefficient (Wildman–Crippen LogP) is 1.65. The quantitative estimate of drug-likeness (QED) is 0.588. The van der Waals surface area contributed by atoms with Crippen molar-refractivity contribution in [3.8, 4) is 12.3 Å². The van der Waals surface area contributed by atoms with Crippen LogP contribution in [0.1, 0.15) is 22.3 Å². The van der Waals surface area contributed by atoms with Crippen molar-refractivity contribution in [2.24, 2.45) is 4.99 Å². The molecule has 13 heavy (non-hydrogen) atoms. The lowest BCUT2D eigenvalue weighted by molar-refractivity contribution is 0.101. The van der Waals surface area contributed by atoms with Crippen molar-refractivity contribution in [1.82, 2.24) is 0 Å². The van der Waals surface area contributed by atoms with Crippen molar-refractivity contribution in [1.29, 1.82) is 0 Å². The second-order valence-electron chi connectivity index (χ2n) is 2.79. The molecule has 1 aliphatic heterocycles. The van der Waals surface area contributed by atoms with Gasteiger partial charge in [-0.3, -0.25) is 4.79 Å². The lowest BCUT2D eigenvalue weighted by atomic mass is 10.0. The van der Waals surface area contributed by atoms with E-state index >= 15 is 0 Å². The maximum Gasteiger partial charge on any atom is 0.277 e. The smallest absolute Gasteiger partial charge is 0.267 e. The van der Waals surface area contributed by atoms with Gasteiger partial charge in [0.15, 0.2) is 0 Å². The summed E-state index contributed by atoms with van der Waals surface area (Å²) in [6.07, 6.45) is 5.59. The fourth-order valence-corrected chi connectivity index (χ4v) is 1.40. The number of hydrogen-bond acceptors (Lipinski definition) is 1. The molecule has 0 saturated carbocycles. The minimum Gasteiger partial charge on any atom is -0.267 e. The Bertz CT molecular complexity index is 438. The largest absolute Gasteiger partial charge is 0.277 e. The monoisotopic (exact) mass is 169 g/mol. The average molecular weight is 169 g/mol. The van der Waals surface area contributed by atoms with Crippen molar-refractivity contribution in [3.63, 3.8) is 0 Å². The fourth-order valence-electron chi connectivity index (χ4n) is 1.40. The van der Waals surface area contributed by atoms with Crippen LogP contribution in [0, 0.1) is 12.3 Å². The van der Waals surface area contributed by atoms with E-state index in [1.807, 2.05) is 18.2 Å². The fraction of sp³-hybridized carbons (Fsp3) is 0.0909. The van der Waals surface area contributed by atoms with E-state index < -0.39 is 0 Å². The number of carbonyl (C=O) groups is 1. The van der Waals surface area contributed by atoms with Gasteiger partial charge in [0.1, 0.15) is 0 Å². The summed E-state index contributed by atoms with van der Waals surface area (Å²) in [6.45, 7) is 0. The first-order chi connectivity index (χ1) is 6.33. The molecule has 1 aliphatic rings. The van der Waals surface area contributed by atoms with Crippen molar-refractivity contribution < 1.29 is 4.79 Å². The summed E-state index contributed by atoms with van der Waals surface area (Å²) in [6, 6.07) is 7.34. The van der Waals surface area contributed by atoms with Gasteiger partial charge in [-0.1, -0.05) is 18.2 Å². The van der Waals surface area contributed by atoms with E-state index in [-0.39, 0.29) is 5.91 Å². The molecule has 0 atom stereocenters. The molecule has 0 aliphatic carbocycles. The highest BCUT2D eigenvalue weighted by Gasteiger charge is 2.20. The van der Waals surface area contributed by atoms with Crippen molar-refractivity contribution in [3.05, 3.63) is 35.4 Å². The van der Waals surface area contributed by atoms with E-state index in [1.54, 1.807) is 6.07 Å². The van der Waals surface area contributed by atoms with E-state index in [0.29, 0.717) is 17.7 Å². The molecule has 62 valence electrons. The van der Waals surface area contributed by atoms with Crippen LogP contribution in [0.15, 0.2) is 29.3 Å². The van der Waals surface area contributed by atoms with Crippen LogP contribution in [-0.2, 0) is 0 Å². The van der Waals surface area contributed by atoms with E-state index in [1.165, 1.54) is 0 Å². The zero-order chi connectivity index (χ0) is 9.26. The molecule has 0 fully saturated rings. The molecule has 2 nitrogen and oxygen atoms in total. The molecular weight excluding hydrogens is 162 g/mol. The molecule has 0 radical (unpaired) electrons. The molecule has 1 aromatic rings. The van der Waals surface area contributed by atoms with Gasteiger partial charge in [-0.25, -0.2) is 4.99 Å². The Balaban J connectivity index is 2.53. The Kier molecular flexibility index (Phi) is 1.71. The zero-order valence-corrected chi connectivity index (χ0v) is 6.95. The summed E-state index contributed by atoms with van der Waals surface area (Å²) in [5.74, 6) is 2.31. The average Bonchev–Trinajstić information content (AvgIpc) is 2.46. The Morgan fingerprint density at radius 3 is 2.69 bits per heavy atom. The topological polar surface area (TPSA) is 29.4 Å². The molecule has 0 N–H and O–H groups in total. The number of terminal acetylenes is 1. The van der Waals surface area contributed by atoms with Gasteiger partial charge in [-0.2, -0.15) is 0 Å². The van der Waals surface area contributed by atoms with Crippen LogP contribution in [0.4, 0.5) is 0 Å². The minimum absolute atomic E-state index is 0.180. The molecular formula is C11H7NO. The first-order valence-electron chi connectivity index (χ1n) is 3.97. The van der Waals surface area contributed by atoms with Crippen molar-refractivity contribution >= 4 is 11.6 Å². The number of hydrogen-bond donors (Lipinski definition) is 0. The molecule has 0 saturated heterocycles.